The summed E-state index contributed by atoms with van der Waals surface area (Å²) in [4.78, 5) is 12.6. The zero-order chi connectivity index (χ0) is 14.5. The Labute approximate surface area is 117 Å². The van der Waals surface area contributed by atoms with Gasteiger partial charge in [-0.15, -0.1) is 0 Å². The first-order chi connectivity index (χ1) is 9.45. The van der Waals surface area contributed by atoms with E-state index in [1.54, 1.807) is 7.11 Å². The van der Waals surface area contributed by atoms with Crippen molar-refractivity contribution in [2.24, 2.45) is 7.05 Å². The minimum atomic E-state index is -0.426. The Morgan fingerprint density at radius 1 is 1.35 bits per heavy atom. The molecule has 20 heavy (non-hydrogen) atoms. The van der Waals surface area contributed by atoms with Crippen molar-refractivity contribution in [3.63, 3.8) is 0 Å². The van der Waals surface area contributed by atoms with Gasteiger partial charge < -0.3 is 14.0 Å². The number of fused-ring (bicyclic) bond motifs is 2. The molecule has 2 aromatic rings. The lowest BCUT2D eigenvalue weighted by atomic mass is 9.96. The number of methoxy groups -OCH3 is 1. The third-order valence-corrected chi connectivity index (χ3v) is 4.29. The fraction of sp³-hybridized carbons (Fsp3) is 0.438. The number of pyridine rings is 1. The summed E-state index contributed by atoms with van der Waals surface area (Å²) in [6.45, 7) is 3.96. The van der Waals surface area contributed by atoms with Crippen molar-refractivity contribution in [2.75, 3.05) is 7.11 Å². The Morgan fingerprint density at radius 2 is 2.05 bits per heavy atom. The highest BCUT2D eigenvalue weighted by Crippen LogP contribution is 2.34. The number of aromatic nitrogens is 1. The van der Waals surface area contributed by atoms with Gasteiger partial charge in [0, 0.05) is 26.0 Å². The van der Waals surface area contributed by atoms with Crippen LogP contribution >= 0.6 is 0 Å². The van der Waals surface area contributed by atoms with Crippen LogP contribution in [0.4, 0.5) is 0 Å². The molecule has 1 aromatic carbocycles. The van der Waals surface area contributed by atoms with Crippen LogP contribution in [0.2, 0.25) is 0 Å². The second-order valence-corrected chi connectivity index (χ2v) is 5.81. The van der Waals surface area contributed by atoms with Crippen molar-refractivity contribution in [1.29, 1.82) is 0 Å². The van der Waals surface area contributed by atoms with E-state index in [1.165, 1.54) is 0 Å². The van der Waals surface area contributed by atoms with Crippen LogP contribution < -0.4 is 10.2 Å². The number of hydrogen-bond donors (Lipinski definition) is 0. The van der Waals surface area contributed by atoms with Gasteiger partial charge in [-0.25, -0.2) is 0 Å². The van der Waals surface area contributed by atoms with E-state index in [0.29, 0.717) is 12.3 Å². The molecule has 106 valence electrons. The van der Waals surface area contributed by atoms with Gasteiger partial charge in [0.1, 0.15) is 6.10 Å². The number of nitrogens with zero attached hydrogens (tertiary/aromatic N) is 1. The molecule has 0 fully saturated rings. The van der Waals surface area contributed by atoms with Crippen LogP contribution in [0, 0.1) is 0 Å². The maximum absolute atomic E-state index is 12.6. The van der Waals surface area contributed by atoms with E-state index < -0.39 is 5.60 Å². The van der Waals surface area contributed by atoms with E-state index >= 15 is 0 Å². The molecule has 1 aliphatic rings. The van der Waals surface area contributed by atoms with Crippen LogP contribution in [0.1, 0.15) is 19.4 Å². The van der Waals surface area contributed by atoms with Crippen LogP contribution in [0.5, 0.6) is 5.88 Å². The van der Waals surface area contributed by atoms with Gasteiger partial charge >= 0.3 is 0 Å². The molecule has 4 nitrogen and oxygen atoms in total. The lowest BCUT2D eigenvalue weighted by molar-refractivity contribution is -0.0587. The second kappa shape index (κ2) is 4.35. The van der Waals surface area contributed by atoms with Gasteiger partial charge in [-0.3, -0.25) is 4.79 Å². The third kappa shape index (κ3) is 1.75. The molecule has 2 heterocycles. The number of aryl methyl sites for hydroxylation is 1. The highest BCUT2D eigenvalue weighted by molar-refractivity contribution is 5.81. The van der Waals surface area contributed by atoms with Gasteiger partial charge in [0.2, 0.25) is 5.88 Å². The lowest BCUT2D eigenvalue weighted by Gasteiger charge is -2.29. The molecule has 0 saturated carbocycles. The minimum absolute atomic E-state index is 0.0723. The number of benzene rings is 1. The quantitative estimate of drug-likeness (QED) is 0.842. The average molecular weight is 273 g/mol. The zero-order valence-electron chi connectivity index (χ0n) is 12.3. The molecule has 1 aromatic heterocycles. The molecule has 0 N–H and O–H groups in total. The van der Waals surface area contributed by atoms with Crippen molar-refractivity contribution < 1.29 is 9.47 Å². The molecule has 0 amide bonds. The van der Waals surface area contributed by atoms with Crippen LogP contribution in [0.25, 0.3) is 10.9 Å². The Bertz CT molecular complexity index is 730. The van der Waals surface area contributed by atoms with Crippen molar-refractivity contribution in [1.82, 2.24) is 4.57 Å². The maximum Gasteiger partial charge on any atom is 0.201 e. The SMILES string of the molecule is COC(C)(C)C1Cc2c(n(C)c3ccccc3c2=O)O1. The monoisotopic (exact) mass is 273 g/mol. The molecule has 0 bridgehead atoms. The highest BCUT2D eigenvalue weighted by atomic mass is 16.6. The summed E-state index contributed by atoms with van der Waals surface area (Å²) in [6.07, 6.45) is 0.450. The number of hydrogen-bond acceptors (Lipinski definition) is 3. The Hall–Kier alpha value is -1.81. The van der Waals surface area contributed by atoms with E-state index in [0.717, 1.165) is 16.5 Å². The van der Waals surface area contributed by atoms with E-state index in [4.69, 9.17) is 9.47 Å². The minimum Gasteiger partial charge on any atom is -0.472 e. The molecule has 1 atom stereocenters. The van der Waals surface area contributed by atoms with Crippen LogP contribution in [0.15, 0.2) is 29.1 Å². The second-order valence-electron chi connectivity index (χ2n) is 5.81. The van der Waals surface area contributed by atoms with E-state index in [-0.39, 0.29) is 11.5 Å². The molecular formula is C16H19NO3. The Kier molecular flexibility index (Phi) is 2.87. The largest absolute Gasteiger partial charge is 0.472 e. The molecular weight excluding hydrogens is 254 g/mol. The first kappa shape index (κ1) is 13.2. The summed E-state index contributed by atoms with van der Waals surface area (Å²) in [5.41, 5.74) is 1.29. The summed E-state index contributed by atoms with van der Waals surface area (Å²) in [7, 11) is 3.60. The standard InChI is InChI=1S/C16H19NO3/c1-16(2,19-4)13-9-11-14(18)10-7-5-6-8-12(10)17(3)15(11)20-13/h5-8,13H,9H2,1-4H3. The van der Waals surface area contributed by atoms with Crippen molar-refractivity contribution in [3.8, 4) is 5.88 Å². The normalized spacial score (nSPS) is 18.1. The average Bonchev–Trinajstić information content (AvgIpc) is 2.91. The van der Waals surface area contributed by atoms with Gasteiger partial charge in [-0.2, -0.15) is 0 Å². The topological polar surface area (TPSA) is 40.5 Å². The first-order valence-corrected chi connectivity index (χ1v) is 6.78. The Morgan fingerprint density at radius 3 is 2.75 bits per heavy atom. The van der Waals surface area contributed by atoms with Crippen molar-refractivity contribution in [3.05, 3.63) is 40.1 Å². The summed E-state index contributed by atoms with van der Waals surface area (Å²) in [6, 6.07) is 7.63. The number of rotatable bonds is 2. The zero-order valence-corrected chi connectivity index (χ0v) is 12.3. The van der Waals surface area contributed by atoms with Gasteiger partial charge in [-0.05, 0) is 26.0 Å². The molecule has 3 rings (SSSR count). The fourth-order valence-electron chi connectivity index (χ4n) is 2.74. The van der Waals surface area contributed by atoms with E-state index in [2.05, 4.69) is 0 Å². The number of para-hydroxylation sites is 1. The summed E-state index contributed by atoms with van der Waals surface area (Å²) >= 11 is 0. The molecule has 0 saturated heterocycles. The smallest absolute Gasteiger partial charge is 0.201 e. The van der Waals surface area contributed by atoms with E-state index in [1.807, 2.05) is 49.7 Å². The molecule has 1 unspecified atom stereocenters. The van der Waals surface area contributed by atoms with Crippen LogP contribution in [0.3, 0.4) is 0 Å². The predicted octanol–water partition coefficient (Wildman–Crippen LogP) is 2.27. The van der Waals surface area contributed by atoms with Crippen LogP contribution in [-0.4, -0.2) is 23.4 Å². The predicted molar refractivity (Wildman–Crippen MR) is 78.4 cm³/mol. The number of ether oxygens (including phenoxy) is 2. The highest BCUT2D eigenvalue weighted by Gasteiger charge is 2.39. The summed E-state index contributed by atoms with van der Waals surface area (Å²) < 4.78 is 13.5. The molecule has 0 aliphatic carbocycles. The van der Waals surface area contributed by atoms with Crippen molar-refractivity contribution >= 4 is 10.9 Å². The third-order valence-electron chi connectivity index (χ3n) is 4.29. The van der Waals surface area contributed by atoms with Gasteiger partial charge in [0.05, 0.1) is 16.7 Å². The molecule has 1 aliphatic heterocycles. The first-order valence-electron chi connectivity index (χ1n) is 6.78. The fourth-order valence-corrected chi connectivity index (χ4v) is 2.74. The van der Waals surface area contributed by atoms with E-state index in [9.17, 15) is 4.79 Å². The lowest BCUT2D eigenvalue weighted by Crippen LogP contribution is -2.41. The maximum atomic E-state index is 12.6. The van der Waals surface area contributed by atoms with Gasteiger partial charge in [0.25, 0.3) is 0 Å². The van der Waals surface area contributed by atoms with Crippen molar-refractivity contribution in [2.45, 2.75) is 32.0 Å². The van der Waals surface area contributed by atoms with Crippen LogP contribution in [-0.2, 0) is 18.2 Å². The molecule has 0 radical (unpaired) electrons. The summed E-state index contributed by atoms with van der Waals surface area (Å²) in [5.74, 6) is 0.670. The molecule has 0 spiro atoms. The molecule has 4 heteroatoms. The Balaban J connectivity index is 2.20. The van der Waals surface area contributed by atoms with Gasteiger partial charge in [-0.1, -0.05) is 12.1 Å². The summed E-state index contributed by atoms with van der Waals surface area (Å²) in [5, 5.41) is 0.744. The van der Waals surface area contributed by atoms with Gasteiger partial charge in [0.15, 0.2) is 5.43 Å².